The van der Waals surface area contributed by atoms with E-state index in [1.807, 2.05) is 0 Å². The monoisotopic (exact) mass is 187 g/mol. The van der Waals surface area contributed by atoms with Crippen molar-refractivity contribution in [3.63, 3.8) is 0 Å². The fraction of sp³-hybridized carbons (Fsp3) is 0.500. The molecule has 0 atom stereocenters. The van der Waals surface area contributed by atoms with Crippen molar-refractivity contribution in [2.75, 3.05) is 6.61 Å². The third-order valence-electron chi connectivity index (χ3n) is 1.21. The Hall–Kier alpha value is -1.04. The number of ether oxygens (including phenoxy) is 1. The molecule has 1 aromatic heterocycles. The first-order valence-electron chi connectivity index (χ1n) is 3.42. The van der Waals surface area contributed by atoms with Crippen molar-refractivity contribution in [2.24, 2.45) is 7.05 Å². The molecule has 6 heteroatoms. The molecule has 0 bridgehead atoms. The average Bonchev–Trinajstić information content (AvgIpc) is 2.30. The largest absolute Gasteiger partial charge is 0.460 e. The summed E-state index contributed by atoms with van der Waals surface area (Å²) in [5, 5.41) is 4.05. The molecular weight excluding hydrogens is 178 g/mol. The van der Waals surface area contributed by atoms with Crippen LogP contribution in [0.25, 0.3) is 0 Å². The molecule has 66 valence electrons. The molecule has 0 spiro atoms. The van der Waals surface area contributed by atoms with Gasteiger partial charge in [0.1, 0.15) is 0 Å². The molecule has 0 aliphatic carbocycles. The lowest BCUT2D eigenvalue weighted by molar-refractivity contribution is 0.0506. The van der Waals surface area contributed by atoms with Gasteiger partial charge in [0.05, 0.1) is 6.61 Å². The van der Waals surface area contributed by atoms with Gasteiger partial charge in [0.25, 0.3) is 0 Å². The molecule has 0 aliphatic rings. The van der Waals surface area contributed by atoms with Crippen LogP contribution in [0.1, 0.15) is 17.5 Å². The van der Waals surface area contributed by atoms with Crippen LogP contribution < -0.4 is 0 Å². The first-order valence-corrected chi connectivity index (χ1v) is 3.87. The second-order valence-corrected chi connectivity index (χ2v) is 2.48. The van der Waals surface area contributed by atoms with Gasteiger partial charge in [0, 0.05) is 7.05 Å². The van der Waals surface area contributed by atoms with E-state index >= 15 is 0 Å². The van der Waals surface area contributed by atoms with Crippen molar-refractivity contribution in [3.8, 4) is 0 Å². The molecule has 0 saturated heterocycles. The van der Waals surface area contributed by atoms with Gasteiger partial charge < -0.3 is 4.74 Å². The normalized spacial score (nSPS) is 9.92. The van der Waals surface area contributed by atoms with Crippen molar-refractivity contribution < 1.29 is 9.53 Å². The van der Waals surface area contributed by atoms with Gasteiger partial charge in [0.2, 0.25) is 11.0 Å². The lowest BCUT2D eigenvalue weighted by atomic mass is 10.6. The van der Waals surface area contributed by atoms with Gasteiger partial charge in [-0.1, -0.05) is 0 Å². The Kier molecular flexibility index (Phi) is 2.69. The SMILES string of the molecule is CCOC(=O)c1nc(S)nn1C. The van der Waals surface area contributed by atoms with Gasteiger partial charge in [-0.05, 0) is 6.92 Å². The summed E-state index contributed by atoms with van der Waals surface area (Å²) in [5.74, 6) is -0.311. The number of carbonyl (C=O) groups is 1. The molecule has 0 aliphatic heterocycles. The highest BCUT2D eigenvalue weighted by Gasteiger charge is 2.14. The fourth-order valence-electron chi connectivity index (χ4n) is 0.744. The number of nitrogens with zero attached hydrogens (tertiary/aromatic N) is 3. The van der Waals surface area contributed by atoms with Gasteiger partial charge in [0.15, 0.2) is 0 Å². The minimum atomic E-state index is -0.479. The van der Waals surface area contributed by atoms with E-state index in [9.17, 15) is 4.79 Å². The predicted octanol–water partition coefficient (Wildman–Crippen LogP) is 0.281. The Morgan fingerprint density at radius 3 is 2.83 bits per heavy atom. The number of thiol groups is 1. The topological polar surface area (TPSA) is 57.0 Å². The summed E-state index contributed by atoms with van der Waals surface area (Å²) >= 11 is 3.89. The molecule has 12 heavy (non-hydrogen) atoms. The van der Waals surface area contributed by atoms with Crippen LogP contribution in [0.4, 0.5) is 0 Å². The molecule has 1 rings (SSSR count). The Balaban J connectivity index is 2.87. The molecule has 0 amide bonds. The van der Waals surface area contributed by atoms with Crippen molar-refractivity contribution >= 4 is 18.6 Å². The Bertz CT molecular complexity index is 297. The van der Waals surface area contributed by atoms with Crippen LogP contribution >= 0.6 is 12.6 Å². The maximum Gasteiger partial charge on any atom is 0.376 e. The van der Waals surface area contributed by atoms with Crippen LogP contribution in [-0.4, -0.2) is 27.3 Å². The molecule has 0 aromatic carbocycles. The van der Waals surface area contributed by atoms with Crippen molar-refractivity contribution in [1.29, 1.82) is 0 Å². The molecule has 0 N–H and O–H groups in total. The molecule has 1 aromatic rings. The molecule has 0 saturated carbocycles. The van der Waals surface area contributed by atoms with E-state index in [-0.39, 0.29) is 11.0 Å². The summed E-state index contributed by atoms with van der Waals surface area (Å²) in [7, 11) is 1.61. The zero-order valence-electron chi connectivity index (χ0n) is 6.81. The Morgan fingerprint density at radius 1 is 1.75 bits per heavy atom. The lowest BCUT2D eigenvalue weighted by Gasteiger charge is -1.98. The number of aromatic nitrogens is 3. The summed E-state index contributed by atoms with van der Waals surface area (Å²) in [5.41, 5.74) is 0. The van der Waals surface area contributed by atoms with E-state index in [1.54, 1.807) is 14.0 Å². The first-order chi connectivity index (χ1) is 5.65. The lowest BCUT2D eigenvalue weighted by Crippen LogP contribution is -2.11. The minimum Gasteiger partial charge on any atom is -0.460 e. The predicted molar refractivity (Wildman–Crippen MR) is 44.2 cm³/mol. The van der Waals surface area contributed by atoms with E-state index in [2.05, 4.69) is 22.7 Å². The fourth-order valence-corrected chi connectivity index (χ4v) is 0.973. The summed E-state index contributed by atoms with van der Waals surface area (Å²) in [4.78, 5) is 14.9. The van der Waals surface area contributed by atoms with Crippen LogP contribution in [0.5, 0.6) is 0 Å². The standard InChI is InChI=1S/C6H9N3O2S/c1-3-11-5(10)4-7-6(12)8-9(4)2/h3H2,1-2H3,(H,8,12). The van der Waals surface area contributed by atoms with Gasteiger partial charge >= 0.3 is 5.97 Å². The van der Waals surface area contributed by atoms with Gasteiger partial charge in [-0.2, -0.15) is 4.98 Å². The third-order valence-corrected chi connectivity index (χ3v) is 1.40. The molecule has 1 heterocycles. The van der Waals surface area contributed by atoms with E-state index in [1.165, 1.54) is 4.68 Å². The van der Waals surface area contributed by atoms with E-state index in [0.717, 1.165) is 0 Å². The number of hydrogen-bond donors (Lipinski definition) is 1. The van der Waals surface area contributed by atoms with Gasteiger partial charge in [-0.15, -0.1) is 17.7 Å². The van der Waals surface area contributed by atoms with Gasteiger partial charge in [-0.25, -0.2) is 9.48 Å². The number of rotatable bonds is 2. The molecule has 0 unspecified atom stereocenters. The quantitative estimate of drug-likeness (QED) is 0.533. The number of hydrogen-bond acceptors (Lipinski definition) is 5. The zero-order valence-corrected chi connectivity index (χ0v) is 7.71. The average molecular weight is 187 g/mol. The van der Waals surface area contributed by atoms with Crippen molar-refractivity contribution in [1.82, 2.24) is 14.8 Å². The summed E-state index contributed by atoms with van der Waals surface area (Å²) in [6.45, 7) is 2.06. The van der Waals surface area contributed by atoms with Crippen LogP contribution in [0.2, 0.25) is 0 Å². The number of carbonyl (C=O) groups excluding carboxylic acids is 1. The summed E-state index contributed by atoms with van der Waals surface area (Å²) in [6, 6.07) is 0. The Morgan fingerprint density at radius 2 is 2.42 bits per heavy atom. The van der Waals surface area contributed by atoms with E-state index < -0.39 is 5.97 Å². The first kappa shape index (κ1) is 9.05. The van der Waals surface area contributed by atoms with Crippen LogP contribution in [0.3, 0.4) is 0 Å². The maximum atomic E-state index is 11.1. The minimum absolute atomic E-state index is 0.168. The molecular formula is C6H9N3O2S. The highest BCUT2D eigenvalue weighted by molar-refractivity contribution is 7.80. The van der Waals surface area contributed by atoms with Crippen LogP contribution in [0.15, 0.2) is 5.16 Å². The second-order valence-electron chi connectivity index (χ2n) is 2.08. The number of esters is 1. The van der Waals surface area contributed by atoms with Crippen LogP contribution in [-0.2, 0) is 11.8 Å². The second kappa shape index (κ2) is 3.57. The Labute approximate surface area is 75.1 Å². The van der Waals surface area contributed by atoms with Crippen molar-refractivity contribution in [3.05, 3.63) is 5.82 Å². The maximum absolute atomic E-state index is 11.1. The summed E-state index contributed by atoms with van der Waals surface area (Å²) < 4.78 is 6.06. The molecule has 0 fully saturated rings. The number of aryl methyl sites for hydroxylation is 1. The molecule has 0 radical (unpaired) electrons. The van der Waals surface area contributed by atoms with Crippen LogP contribution in [0, 0.1) is 0 Å². The van der Waals surface area contributed by atoms with Crippen molar-refractivity contribution in [2.45, 2.75) is 12.1 Å². The van der Waals surface area contributed by atoms with Gasteiger partial charge in [-0.3, -0.25) is 0 Å². The van der Waals surface area contributed by atoms with E-state index in [4.69, 9.17) is 4.74 Å². The summed E-state index contributed by atoms with van der Waals surface area (Å²) in [6.07, 6.45) is 0. The molecule has 5 nitrogen and oxygen atoms in total. The zero-order chi connectivity index (χ0) is 9.14. The highest BCUT2D eigenvalue weighted by Crippen LogP contribution is 2.01. The third kappa shape index (κ3) is 1.76. The highest BCUT2D eigenvalue weighted by atomic mass is 32.1. The smallest absolute Gasteiger partial charge is 0.376 e. The van der Waals surface area contributed by atoms with E-state index in [0.29, 0.717) is 6.61 Å².